The molecule has 1 aromatic carbocycles. The molecule has 0 fully saturated rings. The van der Waals surface area contributed by atoms with Crippen LogP contribution in [-0.4, -0.2) is 19.9 Å². The maximum atomic E-state index is 13.0. The van der Waals surface area contributed by atoms with E-state index in [1.165, 1.54) is 6.07 Å². The van der Waals surface area contributed by atoms with Gasteiger partial charge in [-0.3, -0.25) is 4.98 Å². The van der Waals surface area contributed by atoms with E-state index in [2.05, 4.69) is 25.6 Å². The normalized spacial score (nSPS) is 11.5. The number of aromatic nitrogens is 1. The zero-order chi connectivity index (χ0) is 14.6. The van der Waals surface area contributed by atoms with Crippen molar-refractivity contribution in [1.29, 1.82) is 0 Å². The second-order valence-electron chi connectivity index (χ2n) is 4.08. The third-order valence-electron chi connectivity index (χ3n) is 2.61. The molecule has 1 N–H and O–H groups in total. The highest BCUT2D eigenvalue weighted by Crippen LogP contribution is 2.22. The SMILES string of the molecule is O=S(=O)(NCCc1cccnc1)c1ccc(F)cc1Br. The summed E-state index contributed by atoms with van der Waals surface area (Å²) in [6.07, 6.45) is 3.87. The fourth-order valence-electron chi connectivity index (χ4n) is 1.65. The molecule has 1 heterocycles. The van der Waals surface area contributed by atoms with Crippen LogP contribution in [0.4, 0.5) is 4.39 Å². The van der Waals surface area contributed by atoms with Gasteiger partial charge in [0.25, 0.3) is 0 Å². The lowest BCUT2D eigenvalue weighted by atomic mass is 10.2. The Bertz CT molecular complexity index is 693. The van der Waals surface area contributed by atoms with Crippen LogP contribution in [-0.2, 0) is 16.4 Å². The summed E-state index contributed by atoms with van der Waals surface area (Å²) < 4.78 is 39.8. The Morgan fingerprint density at radius 2 is 2.10 bits per heavy atom. The lowest BCUT2D eigenvalue weighted by Crippen LogP contribution is -2.26. The standard InChI is InChI=1S/C13H12BrFN2O2S/c14-12-8-11(15)3-4-13(12)20(18,19)17-7-5-10-2-1-6-16-9-10/h1-4,6,8-9,17H,5,7H2. The van der Waals surface area contributed by atoms with Crippen LogP contribution in [0.5, 0.6) is 0 Å². The minimum absolute atomic E-state index is 0.0186. The number of halogens is 2. The molecule has 0 saturated heterocycles. The molecule has 0 aliphatic carbocycles. The van der Waals surface area contributed by atoms with Crippen LogP contribution < -0.4 is 4.72 Å². The van der Waals surface area contributed by atoms with Crippen molar-refractivity contribution in [2.45, 2.75) is 11.3 Å². The molecule has 0 atom stereocenters. The molecule has 20 heavy (non-hydrogen) atoms. The molecule has 0 spiro atoms. The summed E-state index contributed by atoms with van der Waals surface area (Å²) in [7, 11) is -3.66. The Morgan fingerprint density at radius 1 is 1.30 bits per heavy atom. The Balaban J connectivity index is 2.04. The third-order valence-corrected chi connectivity index (χ3v) is 5.05. The predicted molar refractivity (Wildman–Crippen MR) is 77.2 cm³/mol. The van der Waals surface area contributed by atoms with Crippen molar-refractivity contribution in [2.75, 3.05) is 6.54 Å². The fourth-order valence-corrected chi connectivity index (χ4v) is 3.73. The highest BCUT2D eigenvalue weighted by Gasteiger charge is 2.17. The van der Waals surface area contributed by atoms with E-state index < -0.39 is 15.8 Å². The minimum Gasteiger partial charge on any atom is -0.264 e. The van der Waals surface area contributed by atoms with Crippen molar-refractivity contribution in [1.82, 2.24) is 9.71 Å². The predicted octanol–water partition coefficient (Wildman–Crippen LogP) is 2.50. The van der Waals surface area contributed by atoms with E-state index in [4.69, 9.17) is 0 Å². The molecule has 0 amide bonds. The smallest absolute Gasteiger partial charge is 0.241 e. The molecule has 4 nitrogen and oxygen atoms in total. The summed E-state index contributed by atoms with van der Waals surface area (Å²) in [5.41, 5.74) is 0.938. The van der Waals surface area contributed by atoms with Crippen molar-refractivity contribution in [2.24, 2.45) is 0 Å². The van der Waals surface area contributed by atoms with E-state index in [9.17, 15) is 12.8 Å². The lowest BCUT2D eigenvalue weighted by molar-refractivity contribution is 0.580. The van der Waals surface area contributed by atoms with Crippen LogP contribution in [0.25, 0.3) is 0 Å². The Kier molecular flexibility index (Phi) is 4.85. The van der Waals surface area contributed by atoms with Crippen LogP contribution in [0.2, 0.25) is 0 Å². The number of benzene rings is 1. The Labute approximate surface area is 125 Å². The van der Waals surface area contributed by atoms with Crippen LogP contribution >= 0.6 is 15.9 Å². The average molecular weight is 359 g/mol. The van der Waals surface area contributed by atoms with E-state index in [0.717, 1.165) is 17.7 Å². The van der Waals surface area contributed by atoms with Crippen molar-refractivity contribution in [3.63, 3.8) is 0 Å². The molecular weight excluding hydrogens is 347 g/mol. The molecule has 2 aromatic rings. The van der Waals surface area contributed by atoms with Gasteiger partial charge in [0, 0.05) is 23.4 Å². The van der Waals surface area contributed by atoms with E-state index in [1.54, 1.807) is 18.5 Å². The summed E-state index contributed by atoms with van der Waals surface area (Å²) in [4.78, 5) is 3.97. The van der Waals surface area contributed by atoms with Crippen molar-refractivity contribution in [3.8, 4) is 0 Å². The first-order valence-electron chi connectivity index (χ1n) is 5.83. The summed E-state index contributed by atoms with van der Waals surface area (Å²) >= 11 is 3.05. The molecule has 0 unspecified atom stereocenters. The van der Waals surface area contributed by atoms with E-state index in [0.29, 0.717) is 6.42 Å². The number of nitrogens with zero attached hydrogens (tertiary/aromatic N) is 1. The van der Waals surface area contributed by atoms with Crippen LogP contribution in [0, 0.1) is 5.82 Å². The summed E-state index contributed by atoms with van der Waals surface area (Å²) in [5, 5.41) is 0. The molecule has 7 heteroatoms. The van der Waals surface area contributed by atoms with Crippen LogP contribution in [0.1, 0.15) is 5.56 Å². The maximum absolute atomic E-state index is 13.0. The fraction of sp³-hybridized carbons (Fsp3) is 0.154. The Morgan fingerprint density at radius 3 is 2.75 bits per heavy atom. The maximum Gasteiger partial charge on any atom is 0.241 e. The molecule has 0 bridgehead atoms. The second-order valence-corrected chi connectivity index (χ2v) is 6.67. The molecule has 0 saturated carbocycles. The molecule has 0 aliphatic rings. The van der Waals surface area contributed by atoms with Gasteiger partial charge in [0.2, 0.25) is 10.0 Å². The van der Waals surface area contributed by atoms with Gasteiger partial charge >= 0.3 is 0 Å². The van der Waals surface area contributed by atoms with Crippen LogP contribution in [0.15, 0.2) is 52.1 Å². The number of pyridine rings is 1. The number of rotatable bonds is 5. The molecular formula is C13H12BrFN2O2S. The van der Waals surface area contributed by atoms with E-state index >= 15 is 0 Å². The van der Waals surface area contributed by atoms with Gasteiger partial charge < -0.3 is 0 Å². The van der Waals surface area contributed by atoms with Gasteiger partial charge in [-0.05, 0) is 52.2 Å². The average Bonchev–Trinajstić information content (AvgIpc) is 2.39. The summed E-state index contributed by atoms with van der Waals surface area (Å²) in [6, 6.07) is 7.12. The molecule has 0 aliphatic heterocycles. The minimum atomic E-state index is -3.66. The first-order chi connectivity index (χ1) is 9.49. The van der Waals surface area contributed by atoms with Gasteiger partial charge in [-0.2, -0.15) is 0 Å². The number of nitrogens with one attached hydrogen (secondary N) is 1. The molecule has 0 radical (unpaired) electrons. The largest absolute Gasteiger partial charge is 0.264 e. The van der Waals surface area contributed by atoms with Crippen molar-refractivity contribution >= 4 is 26.0 Å². The monoisotopic (exact) mass is 358 g/mol. The van der Waals surface area contributed by atoms with Gasteiger partial charge in [-0.15, -0.1) is 0 Å². The van der Waals surface area contributed by atoms with Crippen molar-refractivity contribution < 1.29 is 12.8 Å². The van der Waals surface area contributed by atoms with Gasteiger partial charge in [0.05, 0.1) is 4.90 Å². The van der Waals surface area contributed by atoms with E-state index in [1.807, 2.05) is 6.07 Å². The highest BCUT2D eigenvalue weighted by molar-refractivity contribution is 9.10. The van der Waals surface area contributed by atoms with E-state index in [-0.39, 0.29) is 15.9 Å². The van der Waals surface area contributed by atoms with Gasteiger partial charge in [-0.25, -0.2) is 17.5 Å². The molecule has 1 aromatic heterocycles. The van der Waals surface area contributed by atoms with Gasteiger partial charge in [-0.1, -0.05) is 6.07 Å². The first kappa shape index (κ1) is 15.1. The molecule has 106 valence electrons. The number of hydrogen-bond acceptors (Lipinski definition) is 3. The molecule has 2 rings (SSSR count). The number of sulfonamides is 1. The Hall–Kier alpha value is -1.31. The third kappa shape index (κ3) is 3.84. The lowest BCUT2D eigenvalue weighted by Gasteiger charge is -2.08. The topological polar surface area (TPSA) is 59.1 Å². The zero-order valence-corrected chi connectivity index (χ0v) is 12.8. The summed E-state index contributed by atoms with van der Waals surface area (Å²) in [5.74, 6) is -0.494. The zero-order valence-electron chi connectivity index (χ0n) is 10.4. The van der Waals surface area contributed by atoms with Gasteiger partial charge in [0.15, 0.2) is 0 Å². The number of hydrogen-bond donors (Lipinski definition) is 1. The van der Waals surface area contributed by atoms with Crippen molar-refractivity contribution in [3.05, 3.63) is 58.6 Å². The quantitative estimate of drug-likeness (QED) is 0.893. The summed E-state index contributed by atoms with van der Waals surface area (Å²) in [6.45, 7) is 0.248. The first-order valence-corrected chi connectivity index (χ1v) is 8.10. The van der Waals surface area contributed by atoms with Gasteiger partial charge in [0.1, 0.15) is 5.82 Å². The van der Waals surface area contributed by atoms with Crippen LogP contribution in [0.3, 0.4) is 0 Å². The second kappa shape index (κ2) is 6.43. The highest BCUT2D eigenvalue weighted by atomic mass is 79.9.